The third kappa shape index (κ3) is 5.98. The van der Waals surface area contributed by atoms with Crippen molar-refractivity contribution in [1.29, 1.82) is 0 Å². The number of amides is 1. The zero-order chi connectivity index (χ0) is 22.0. The third-order valence-corrected chi connectivity index (χ3v) is 4.88. The van der Waals surface area contributed by atoms with Crippen molar-refractivity contribution >= 4 is 11.7 Å². The number of rotatable bonds is 10. The van der Waals surface area contributed by atoms with Crippen LogP contribution in [0.4, 0.5) is 5.82 Å². The first-order valence-electron chi connectivity index (χ1n) is 10.5. The molecule has 4 rings (SSSR count). The summed E-state index contributed by atoms with van der Waals surface area (Å²) in [6.45, 7) is 0.966. The Morgan fingerprint density at radius 3 is 2.12 bits per heavy atom. The standard InChI is InChI=1S/C26H25N3O3/c30-26(28-25-15-17-27-29(25)18-16-21-9-3-1-4-10-21)20-32-24-14-8-7-13-23(24)31-19-22-11-5-2-6-12-22/h1-15,17H,16,18-20H2,(H,28,30). The van der Waals surface area contributed by atoms with E-state index in [1.54, 1.807) is 23.0 Å². The molecule has 1 aromatic heterocycles. The van der Waals surface area contributed by atoms with Crippen molar-refractivity contribution in [2.75, 3.05) is 11.9 Å². The molecule has 1 amide bonds. The van der Waals surface area contributed by atoms with Gasteiger partial charge >= 0.3 is 0 Å². The van der Waals surface area contributed by atoms with Gasteiger partial charge in [-0.1, -0.05) is 72.8 Å². The number of para-hydroxylation sites is 2. The Kier molecular flexibility index (Phi) is 7.16. The maximum atomic E-state index is 12.5. The van der Waals surface area contributed by atoms with Gasteiger partial charge in [-0.05, 0) is 29.7 Å². The van der Waals surface area contributed by atoms with Crippen molar-refractivity contribution in [2.24, 2.45) is 0 Å². The van der Waals surface area contributed by atoms with E-state index < -0.39 is 0 Å². The Balaban J connectivity index is 1.30. The molecule has 0 bridgehead atoms. The Labute approximate surface area is 187 Å². The van der Waals surface area contributed by atoms with Crippen LogP contribution in [0.1, 0.15) is 11.1 Å². The lowest BCUT2D eigenvalue weighted by atomic mass is 10.1. The van der Waals surface area contributed by atoms with Crippen molar-refractivity contribution in [2.45, 2.75) is 19.6 Å². The van der Waals surface area contributed by atoms with Crippen molar-refractivity contribution in [3.63, 3.8) is 0 Å². The zero-order valence-corrected chi connectivity index (χ0v) is 17.7. The average molecular weight is 428 g/mol. The van der Waals surface area contributed by atoms with Gasteiger partial charge in [0.05, 0.1) is 6.20 Å². The highest BCUT2D eigenvalue weighted by atomic mass is 16.5. The number of ether oxygens (including phenoxy) is 2. The van der Waals surface area contributed by atoms with Crippen LogP contribution in [0, 0.1) is 0 Å². The molecule has 0 saturated carbocycles. The summed E-state index contributed by atoms with van der Waals surface area (Å²) < 4.78 is 13.4. The van der Waals surface area contributed by atoms with Crippen LogP contribution in [0.2, 0.25) is 0 Å². The van der Waals surface area contributed by atoms with E-state index in [2.05, 4.69) is 22.5 Å². The maximum Gasteiger partial charge on any atom is 0.263 e. The maximum absolute atomic E-state index is 12.5. The Hall–Kier alpha value is -4.06. The van der Waals surface area contributed by atoms with Crippen LogP contribution in [0.15, 0.2) is 97.2 Å². The second-order valence-electron chi connectivity index (χ2n) is 7.23. The SMILES string of the molecule is O=C(COc1ccccc1OCc1ccccc1)Nc1ccnn1CCc1ccccc1. The van der Waals surface area contributed by atoms with Gasteiger partial charge in [-0.25, -0.2) is 4.68 Å². The topological polar surface area (TPSA) is 65.4 Å². The number of aromatic nitrogens is 2. The van der Waals surface area contributed by atoms with Gasteiger partial charge in [-0.15, -0.1) is 0 Å². The highest BCUT2D eigenvalue weighted by molar-refractivity contribution is 5.91. The predicted octanol–water partition coefficient (Wildman–Crippen LogP) is 4.72. The van der Waals surface area contributed by atoms with Gasteiger partial charge in [-0.3, -0.25) is 4.79 Å². The van der Waals surface area contributed by atoms with Crippen molar-refractivity contribution in [1.82, 2.24) is 9.78 Å². The second-order valence-corrected chi connectivity index (χ2v) is 7.23. The molecule has 1 heterocycles. The first-order valence-corrected chi connectivity index (χ1v) is 10.5. The fourth-order valence-electron chi connectivity index (χ4n) is 3.24. The van der Waals surface area contributed by atoms with Gasteiger partial charge in [-0.2, -0.15) is 5.10 Å². The summed E-state index contributed by atoms with van der Waals surface area (Å²) in [5, 5.41) is 7.18. The minimum Gasteiger partial charge on any atom is -0.485 e. The summed E-state index contributed by atoms with van der Waals surface area (Å²) in [5.41, 5.74) is 2.28. The molecule has 32 heavy (non-hydrogen) atoms. The van der Waals surface area contributed by atoms with Crippen molar-refractivity contribution < 1.29 is 14.3 Å². The van der Waals surface area contributed by atoms with E-state index in [4.69, 9.17) is 9.47 Å². The van der Waals surface area contributed by atoms with E-state index in [0.717, 1.165) is 12.0 Å². The molecule has 4 aromatic rings. The van der Waals surface area contributed by atoms with Gasteiger partial charge in [0.2, 0.25) is 0 Å². The molecule has 0 aliphatic carbocycles. The van der Waals surface area contributed by atoms with E-state index in [0.29, 0.717) is 30.5 Å². The third-order valence-electron chi connectivity index (χ3n) is 4.88. The summed E-state index contributed by atoms with van der Waals surface area (Å²) >= 11 is 0. The molecule has 0 aliphatic rings. The monoisotopic (exact) mass is 427 g/mol. The highest BCUT2D eigenvalue weighted by Crippen LogP contribution is 2.27. The number of anilines is 1. The van der Waals surface area contributed by atoms with E-state index in [-0.39, 0.29) is 12.5 Å². The van der Waals surface area contributed by atoms with Crippen molar-refractivity contribution in [3.05, 3.63) is 108 Å². The predicted molar refractivity (Wildman–Crippen MR) is 124 cm³/mol. The quantitative estimate of drug-likeness (QED) is 0.398. The summed E-state index contributed by atoms with van der Waals surface area (Å²) in [7, 11) is 0. The number of nitrogens with one attached hydrogen (secondary N) is 1. The molecule has 6 nitrogen and oxygen atoms in total. The summed E-state index contributed by atoms with van der Waals surface area (Å²) in [5.74, 6) is 1.50. The smallest absolute Gasteiger partial charge is 0.263 e. The Morgan fingerprint density at radius 2 is 1.41 bits per heavy atom. The molecule has 162 valence electrons. The fraction of sp³-hybridized carbons (Fsp3) is 0.154. The summed E-state index contributed by atoms with van der Waals surface area (Å²) in [6, 6.07) is 29.2. The molecule has 3 aromatic carbocycles. The summed E-state index contributed by atoms with van der Waals surface area (Å²) in [4.78, 5) is 12.5. The molecule has 0 radical (unpaired) electrons. The molecule has 0 atom stereocenters. The van der Waals surface area contributed by atoms with E-state index >= 15 is 0 Å². The Morgan fingerprint density at radius 1 is 0.781 bits per heavy atom. The van der Waals surface area contributed by atoms with Gasteiger partial charge in [0.1, 0.15) is 12.4 Å². The van der Waals surface area contributed by atoms with Crippen molar-refractivity contribution in [3.8, 4) is 11.5 Å². The number of hydrogen-bond acceptors (Lipinski definition) is 4. The minimum absolute atomic E-state index is 0.129. The molecule has 0 aliphatic heterocycles. The van der Waals surface area contributed by atoms with Crippen LogP contribution in [0.25, 0.3) is 0 Å². The number of hydrogen-bond donors (Lipinski definition) is 1. The lowest BCUT2D eigenvalue weighted by Gasteiger charge is -2.13. The van der Waals surface area contributed by atoms with Gasteiger partial charge in [0, 0.05) is 12.6 Å². The molecule has 0 fully saturated rings. The normalized spacial score (nSPS) is 10.5. The van der Waals surface area contributed by atoms with E-state index in [1.165, 1.54) is 5.56 Å². The highest BCUT2D eigenvalue weighted by Gasteiger charge is 2.11. The van der Waals surface area contributed by atoms with Gasteiger partial charge < -0.3 is 14.8 Å². The number of benzene rings is 3. The van der Waals surface area contributed by atoms with E-state index in [1.807, 2.05) is 66.7 Å². The van der Waals surface area contributed by atoms with Crippen LogP contribution < -0.4 is 14.8 Å². The van der Waals surface area contributed by atoms with Crippen LogP contribution in [-0.2, 0) is 24.4 Å². The lowest BCUT2D eigenvalue weighted by Crippen LogP contribution is -2.22. The molecule has 0 spiro atoms. The number of nitrogens with zero attached hydrogens (tertiary/aromatic N) is 2. The first-order chi connectivity index (χ1) is 15.8. The van der Waals surface area contributed by atoms with Gasteiger partial charge in [0.25, 0.3) is 5.91 Å². The second kappa shape index (κ2) is 10.8. The van der Waals surface area contributed by atoms with E-state index in [9.17, 15) is 4.79 Å². The molecule has 0 saturated heterocycles. The molecule has 1 N–H and O–H groups in total. The average Bonchev–Trinajstić information content (AvgIpc) is 3.28. The number of carbonyl (C=O) groups is 1. The largest absolute Gasteiger partial charge is 0.485 e. The van der Waals surface area contributed by atoms with Crippen LogP contribution >= 0.6 is 0 Å². The first kappa shape index (κ1) is 21.2. The number of carbonyl (C=O) groups excluding carboxylic acids is 1. The molecule has 6 heteroatoms. The zero-order valence-electron chi connectivity index (χ0n) is 17.7. The fourth-order valence-corrected chi connectivity index (χ4v) is 3.24. The molecular formula is C26H25N3O3. The van der Waals surface area contributed by atoms with Crippen LogP contribution in [0.3, 0.4) is 0 Å². The lowest BCUT2D eigenvalue weighted by molar-refractivity contribution is -0.118. The number of aryl methyl sites for hydroxylation is 2. The Bertz CT molecular complexity index is 1130. The van der Waals surface area contributed by atoms with Crippen LogP contribution in [0.5, 0.6) is 11.5 Å². The molecular weight excluding hydrogens is 402 g/mol. The molecule has 0 unspecified atom stereocenters. The van der Waals surface area contributed by atoms with Crippen LogP contribution in [-0.4, -0.2) is 22.3 Å². The minimum atomic E-state index is -0.260. The van der Waals surface area contributed by atoms with Gasteiger partial charge in [0.15, 0.2) is 18.1 Å². The summed E-state index contributed by atoms with van der Waals surface area (Å²) in [6.07, 6.45) is 2.50.